The molecular weight excluding hydrogens is 266 g/mol. The van der Waals surface area contributed by atoms with E-state index in [1.54, 1.807) is 0 Å². The standard InChI is InChI=1S/C13H16BrNO/c1-9-5-6-15(8-9)13(16)11-3-4-12(14)10(2)7-11/h3-4,7,9H,5-6,8H2,1-2H3. The summed E-state index contributed by atoms with van der Waals surface area (Å²) in [5.41, 5.74) is 1.91. The van der Waals surface area contributed by atoms with Crippen molar-refractivity contribution < 1.29 is 4.79 Å². The average Bonchev–Trinajstić information content (AvgIpc) is 2.68. The summed E-state index contributed by atoms with van der Waals surface area (Å²) in [6, 6.07) is 5.79. The van der Waals surface area contributed by atoms with Crippen molar-refractivity contribution >= 4 is 21.8 Å². The zero-order valence-corrected chi connectivity index (χ0v) is 11.3. The van der Waals surface area contributed by atoms with Gasteiger partial charge in [0, 0.05) is 23.1 Å². The number of halogens is 1. The molecule has 1 aromatic rings. The van der Waals surface area contributed by atoms with Gasteiger partial charge in [0.05, 0.1) is 0 Å². The number of rotatable bonds is 1. The van der Waals surface area contributed by atoms with Gasteiger partial charge in [0.15, 0.2) is 0 Å². The molecule has 1 saturated heterocycles. The molecule has 1 aromatic carbocycles. The summed E-state index contributed by atoms with van der Waals surface area (Å²) >= 11 is 3.45. The normalized spacial score (nSPS) is 20.2. The van der Waals surface area contributed by atoms with Gasteiger partial charge in [-0.2, -0.15) is 0 Å². The van der Waals surface area contributed by atoms with Gasteiger partial charge in [0.2, 0.25) is 0 Å². The number of hydrogen-bond acceptors (Lipinski definition) is 1. The maximum absolute atomic E-state index is 12.2. The quantitative estimate of drug-likeness (QED) is 0.774. The monoisotopic (exact) mass is 281 g/mol. The van der Waals surface area contributed by atoms with Crippen LogP contribution in [0.3, 0.4) is 0 Å². The lowest BCUT2D eigenvalue weighted by atomic mass is 10.1. The molecule has 0 bridgehead atoms. The van der Waals surface area contributed by atoms with E-state index in [2.05, 4.69) is 22.9 Å². The third kappa shape index (κ3) is 2.29. The summed E-state index contributed by atoms with van der Waals surface area (Å²) in [6.45, 7) is 6.00. The first-order valence-corrected chi connectivity index (χ1v) is 6.42. The molecular formula is C13H16BrNO. The van der Waals surface area contributed by atoms with E-state index in [0.29, 0.717) is 5.92 Å². The number of amides is 1. The SMILES string of the molecule is Cc1cc(C(=O)N2CCC(C)C2)ccc1Br. The van der Waals surface area contributed by atoms with Crippen molar-refractivity contribution in [1.29, 1.82) is 0 Å². The van der Waals surface area contributed by atoms with Crippen LogP contribution in [0.2, 0.25) is 0 Å². The minimum absolute atomic E-state index is 0.167. The molecule has 1 fully saturated rings. The average molecular weight is 282 g/mol. The highest BCUT2D eigenvalue weighted by molar-refractivity contribution is 9.10. The van der Waals surface area contributed by atoms with E-state index in [1.165, 1.54) is 0 Å². The van der Waals surface area contributed by atoms with Crippen molar-refractivity contribution in [2.45, 2.75) is 20.3 Å². The van der Waals surface area contributed by atoms with Crippen LogP contribution in [0.1, 0.15) is 29.3 Å². The third-order valence-corrected chi connectivity index (χ3v) is 4.01. The Morgan fingerprint density at radius 1 is 1.50 bits per heavy atom. The number of aryl methyl sites for hydroxylation is 1. The van der Waals surface area contributed by atoms with Crippen LogP contribution in [0.25, 0.3) is 0 Å². The van der Waals surface area contributed by atoms with E-state index in [1.807, 2.05) is 30.0 Å². The number of carbonyl (C=O) groups excluding carboxylic acids is 1. The molecule has 1 aliphatic rings. The first-order valence-electron chi connectivity index (χ1n) is 5.63. The Balaban J connectivity index is 2.18. The topological polar surface area (TPSA) is 20.3 Å². The number of hydrogen-bond donors (Lipinski definition) is 0. The molecule has 1 unspecified atom stereocenters. The van der Waals surface area contributed by atoms with Gasteiger partial charge in [-0.05, 0) is 43.0 Å². The van der Waals surface area contributed by atoms with E-state index in [4.69, 9.17) is 0 Å². The number of nitrogens with zero attached hydrogens (tertiary/aromatic N) is 1. The van der Waals surface area contributed by atoms with E-state index in [9.17, 15) is 4.79 Å². The number of carbonyl (C=O) groups is 1. The molecule has 0 N–H and O–H groups in total. The lowest BCUT2D eigenvalue weighted by Gasteiger charge is -2.16. The molecule has 0 radical (unpaired) electrons. The molecule has 16 heavy (non-hydrogen) atoms. The lowest BCUT2D eigenvalue weighted by molar-refractivity contribution is 0.0788. The maximum Gasteiger partial charge on any atom is 0.253 e. The summed E-state index contributed by atoms with van der Waals surface area (Å²) < 4.78 is 1.05. The van der Waals surface area contributed by atoms with E-state index in [0.717, 1.165) is 35.1 Å². The fourth-order valence-electron chi connectivity index (χ4n) is 2.08. The molecule has 1 atom stereocenters. The Morgan fingerprint density at radius 2 is 2.25 bits per heavy atom. The van der Waals surface area contributed by atoms with Crippen LogP contribution in [-0.2, 0) is 0 Å². The molecule has 1 heterocycles. The van der Waals surface area contributed by atoms with E-state index in [-0.39, 0.29) is 5.91 Å². The molecule has 0 spiro atoms. The van der Waals surface area contributed by atoms with Crippen LogP contribution < -0.4 is 0 Å². The number of benzene rings is 1. The zero-order chi connectivity index (χ0) is 11.7. The van der Waals surface area contributed by atoms with Crippen molar-refractivity contribution in [2.24, 2.45) is 5.92 Å². The van der Waals surface area contributed by atoms with Gasteiger partial charge in [-0.25, -0.2) is 0 Å². The van der Waals surface area contributed by atoms with E-state index >= 15 is 0 Å². The van der Waals surface area contributed by atoms with Gasteiger partial charge in [-0.3, -0.25) is 4.79 Å². The Labute approximate surface area is 105 Å². The van der Waals surface area contributed by atoms with Crippen LogP contribution >= 0.6 is 15.9 Å². The van der Waals surface area contributed by atoms with Crippen LogP contribution in [0.5, 0.6) is 0 Å². The van der Waals surface area contributed by atoms with Gasteiger partial charge in [0.1, 0.15) is 0 Å². The first kappa shape index (κ1) is 11.6. The smallest absolute Gasteiger partial charge is 0.253 e. The second kappa shape index (κ2) is 4.58. The largest absolute Gasteiger partial charge is 0.338 e. The Morgan fingerprint density at radius 3 is 2.81 bits per heavy atom. The van der Waals surface area contributed by atoms with Crippen LogP contribution in [-0.4, -0.2) is 23.9 Å². The summed E-state index contributed by atoms with van der Waals surface area (Å²) in [4.78, 5) is 14.1. The second-order valence-electron chi connectivity index (χ2n) is 4.61. The van der Waals surface area contributed by atoms with Gasteiger partial charge < -0.3 is 4.90 Å². The first-order chi connectivity index (χ1) is 7.58. The van der Waals surface area contributed by atoms with Crippen LogP contribution in [0.4, 0.5) is 0 Å². The highest BCUT2D eigenvalue weighted by Crippen LogP contribution is 2.21. The molecule has 2 rings (SSSR count). The predicted molar refractivity (Wildman–Crippen MR) is 68.6 cm³/mol. The van der Waals surface area contributed by atoms with Crippen molar-refractivity contribution in [3.05, 3.63) is 33.8 Å². The van der Waals surface area contributed by atoms with Crippen molar-refractivity contribution in [3.8, 4) is 0 Å². The molecule has 1 aliphatic heterocycles. The molecule has 3 heteroatoms. The number of likely N-dealkylation sites (tertiary alicyclic amines) is 1. The molecule has 0 saturated carbocycles. The minimum atomic E-state index is 0.167. The fourth-order valence-corrected chi connectivity index (χ4v) is 2.33. The Kier molecular flexibility index (Phi) is 3.33. The third-order valence-electron chi connectivity index (χ3n) is 3.12. The van der Waals surface area contributed by atoms with Crippen LogP contribution in [0, 0.1) is 12.8 Å². The summed E-state index contributed by atoms with van der Waals surface area (Å²) in [5.74, 6) is 0.806. The van der Waals surface area contributed by atoms with Gasteiger partial charge in [-0.15, -0.1) is 0 Å². The lowest BCUT2D eigenvalue weighted by Crippen LogP contribution is -2.28. The second-order valence-corrected chi connectivity index (χ2v) is 5.46. The van der Waals surface area contributed by atoms with Crippen molar-refractivity contribution in [1.82, 2.24) is 4.90 Å². The van der Waals surface area contributed by atoms with Gasteiger partial charge in [-0.1, -0.05) is 22.9 Å². The Bertz CT molecular complexity index is 416. The van der Waals surface area contributed by atoms with Crippen LogP contribution in [0.15, 0.2) is 22.7 Å². The Hall–Kier alpha value is -0.830. The maximum atomic E-state index is 12.2. The highest BCUT2D eigenvalue weighted by atomic mass is 79.9. The van der Waals surface area contributed by atoms with Crippen molar-refractivity contribution in [3.63, 3.8) is 0 Å². The highest BCUT2D eigenvalue weighted by Gasteiger charge is 2.24. The molecule has 0 aromatic heterocycles. The molecule has 0 aliphatic carbocycles. The zero-order valence-electron chi connectivity index (χ0n) is 9.66. The molecule has 1 amide bonds. The molecule has 2 nitrogen and oxygen atoms in total. The molecule has 86 valence electrons. The van der Waals surface area contributed by atoms with Gasteiger partial charge >= 0.3 is 0 Å². The predicted octanol–water partition coefficient (Wildman–Crippen LogP) is 3.24. The minimum Gasteiger partial charge on any atom is -0.338 e. The fraction of sp³-hybridized carbons (Fsp3) is 0.462. The summed E-state index contributed by atoms with van der Waals surface area (Å²) in [7, 11) is 0. The van der Waals surface area contributed by atoms with Gasteiger partial charge in [0.25, 0.3) is 5.91 Å². The van der Waals surface area contributed by atoms with E-state index < -0.39 is 0 Å². The summed E-state index contributed by atoms with van der Waals surface area (Å²) in [5, 5.41) is 0. The van der Waals surface area contributed by atoms with Crippen molar-refractivity contribution in [2.75, 3.05) is 13.1 Å². The summed E-state index contributed by atoms with van der Waals surface area (Å²) in [6.07, 6.45) is 1.13.